The van der Waals surface area contributed by atoms with Crippen LogP contribution in [0.2, 0.25) is 0 Å². The highest BCUT2D eigenvalue weighted by Gasteiger charge is 2.38. The minimum Gasteiger partial charge on any atom is -0.343 e. The molecule has 1 amide bonds. The number of carbonyl (C=O) groups is 1. The predicted octanol–water partition coefficient (Wildman–Crippen LogP) is 1.94. The van der Waals surface area contributed by atoms with Gasteiger partial charge in [0.15, 0.2) is 0 Å². The number of halogens is 3. The van der Waals surface area contributed by atoms with Gasteiger partial charge in [-0.15, -0.1) is 0 Å². The molecule has 0 radical (unpaired) electrons. The summed E-state index contributed by atoms with van der Waals surface area (Å²) in [5.41, 5.74) is 0.971. The summed E-state index contributed by atoms with van der Waals surface area (Å²) in [6.07, 6.45) is -4.63. The lowest BCUT2D eigenvalue weighted by Crippen LogP contribution is -2.25. The average molecular weight is 310 g/mol. The molecule has 0 saturated heterocycles. The van der Waals surface area contributed by atoms with Gasteiger partial charge < -0.3 is 9.84 Å². The molecule has 0 spiro atoms. The van der Waals surface area contributed by atoms with E-state index in [0.717, 1.165) is 0 Å². The van der Waals surface area contributed by atoms with E-state index in [-0.39, 0.29) is 24.7 Å². The molecule has 1 aromatic carbocycles. The number of nitrogens with one attached hydrogen (secondary N) is 1. The van der Waals surface area contributed by atoms with Crippen LogP contribution in [-0.2, 0) is 17.4 Å². The number of carbonyl (C=O) groups excluding carboxylic acids is 1. The van der Waals surface area contributed by atoms with E-state index in [9.17, 15) is 18.0 Å². The van der Waals surface area contributed by atoms with E-state index in [1.165, 1.54) is 12.1 Å². The van der Waals surface area contributed by atoms with Gasteiger partial charge in [-0.1, -0.05) is 29.4 Å². The Bertz CT molecular complexity index is 701. The van der Waals surface area contributed by atoms with Crippen molar-refractivity contribution in [3.8, 4) is 17.5 Å². The predicted molar refractivity (Wildman–Crippen MR) is 67.1 cm³/mol. The van der Waals surface area contributed by atoms with Crippen LogP contribution < -0.4 is 5.32 Å². The summed E-state index contributed by atoms with van der Waals surface area (Å²) in [7, 11) is 0. The zero-order chi connectivity index (χ0) is 16.2. The van der Waals surface area contributed by atoms with Crippen LogP contribution in [-0.4, -0.2) is 22.6 Å². The van der Waals surface area contributed by atoms with Gasteiger partial charge in [0.2, 0.25) is 11.7 Å². The van der Waals surface area contributed by atoms with Crippen LogP contribution in [0.25, 0.3) is 11.4 Å². The fraction of sp³-hybridized carbons (Fsp3) is 0.231. The molecule has 2 aromatic rings. The molecule has 1 aromatic heterocycles. The summed E-state index contributed by atoms with van der Waals surface area (Å²) >= 11 is 0. The van der Waals surface area contributed by atoms with Crippen LogP contribution >= 0.6 is 0 Å². The first kappa shape index (κ1) is 15.5. The number of nitrogens with zero attached hydrogens (tertiary/aromatic N) is 3. The number of amides is 1. The fourth-order valence-electron chi connectivity index (χ4n) is 1.61. The molecular weight excluding hydrogens is 301 g/mol. The second kappa shape index (κ2) is 6.26. The molecule has 0 aliphatic heterocycles. The van der Waals surface area contributed by atoms with Gasteiger partial charge in [-0.25, -0.2) is 0 Å². The Balaban J connectivity index is 2.07. The summed E-state index contributed by atoms with van der Waals surface area (Å²) in [6.45, 7) is -0.0833. The molecule has 2 rings (SSSR count). The quantitative estimate of drug-likeness (QED) is 0.871. The number of alkyl halides is 3. The number of rotatable bonds is 4. The van der Waals surface area contributed by atoms with Gasteiger partial charge in [0.05, 0.1) is 12.5 Å². The smallest absolute Gasteiger partial charge is 0.343 e. The molecule has 1 heterocycles. The molecule has 1 N–H and O–H groups in total. The highest BCUT2D eigenvalue weighted by Crippen LogP contribution is 2.29. The molecule has 0 aliphatic carbocycles. The maximum Gasteiger partial charge on any atom is 0.471 e. The minimum absolute atomic E-state index is 0.0575. The Morgan fingerprint density at radius 2 is 2.00 bits per heavy atom. The molecule has 6 nitrogen and oxygen atoms in total. The molecule has 0 bridgehead atoms. The third-order valence-electron chi connectivity index (χ3n) is 2.61. The summed E-state index contributed by atoms with van der Waals surface area (Å²) in [4.78, 5) is 14.7. The second-order valence-electron chi connectivity index (χ2n) is 4.23. The average Bonchev–Trinajstić information content (AvgIpc) is 2.96. The summed E-state index contributed by atoms with van der Waals surface area (Å²) in [5.74, 6) is -1.93. The van der Waals surface area contributed by atoms with Gasteiger partial charge in [-0.3, -0.25) is 4.79 Å². The molecule has 9 heteroatoms. The topological polar surface area (TPSA) is 91.8 Å². The van der Waals surface area contributed by atoms with Gasteiger partial charge in [0.25, 0.3) is 0 Å². The molecule has 22 heavy (non-hydrogen) atoms. The highest BCUT2D eigenvalue weighted by atomic mass is 19.4. The zero-order valence-corrected chi connectivity index (χ0v) is 11.0. The lowest BCUT2D eigenvalue weighted by Gasteiger charge is -2.02. The van der Waals surface area contributed by atoms with Crippen LogP contribution in [0.4, 0.5) is 13.2 Å². The van der Waals surface area contributed by atoms with Crippen molar-refractivity contribution in [1.29, 1.82) is 5.26 Å². The number of benzene rings is 1. The van der Waals surface area contributed by atoms with Gasteiger partial charge in [0.1, 0.15) is 6.54 Å². The number of nitriles is 1. The molecule has 0 aliphatic rings. The third-order valence-corrected chi connectivity index (χ3v) is 2.61. The monoisotopic (exact) mass is 310 g/mol. The Labute approximate surface area is 122 Å². The van der Waals surface area contributed by atoms with E-state index in [0.29, 0.717) is 11.1 Å². The fourth-order valence-corrected chi connectivity index (χ4v) is 1.61. The van der Waals surface area contributed by atoms with Crippen molar-refractivity contribution < 1.29 is 22.5 Å². The maximum absolute atomic E-state index is 12.4. The van der Waals surface area contributed by atoms with Gasteiger partial charge in [-0.05, 0) is 5.56 Å². The Morgan fingerprint density at radius 3 is 2.55 bits per heavy atom. The van der Waals surface area contributed by atoms with Crippen molar-refractivity contribution in [3.05, 3.63) is 35.7 Å². The van der Waals surface area contributed by atoms with Crippen LogP contribution in [0.15, 0.2) is 28.8 Å². The van der Waals surface area contributed by atoms with E-state index in [4.69, 9.17) is 5.26 Å². The SMILES string of the molecule is N#CCNC(=O)Cc1ccc(-c2noc(C(F)(F)F)n2)cc1. The van der Waals surface area contributed by atoms with E-state index in [1.54, 1.807) is 18.2 Å². The first-order valence-corrected chi connectivity index (χ1v) is 6.04. The summed E-state index contributed by atoms with van der Waals surface area (Å²) < 4.78 is 41.2. The standard InChI is InChI=1S/C13H9F3N4O2/c14-13(15,16)12-19-11(20-22-12)9-3-1-8(2-4-9)7-10(21)18-6-5-17/h1-4H,6-7H2,(H,18,21). The van der Waals surface area contributed by atoms with E-state index in [2.05, 4.69) is 20.0 Å². The van der Waals surface area contributed by atoms with Crippen LogP contribution in [0, 0.1) is 11.3 Å². The lowest BCUT2D eigenvalue weighted by molar-refractivity contribution is -0.159. The van der Waals surface area contributed by atoms with Crippen molar-refractivity contribution >= 4 is 5.91 Å². The zero-order valence-electron chi connectivity index (χ0n) is 11.0. The molecule has 0 unspecified atom stereocenters. The Hall–Kier alpha value is -2.89. The largest absolute Gasteiger partial charge is 0.471 e. The normalized spacial score (nSPS) is 11.0. The third kappa shape index (κ3) is 3.82. The van der Waals surface area contributed by atoms with Crippen molar-refractivity contribution in [2.45, 2.75) is 12.6 Å². The molecule has 0 saturated carbocycles. The number of hydrogen-bond acceptors (Lipinski definition) is 5. The Morgan fingerprint density at radius 1 is 1.32 bits per heavy atom. The van der Waals surface area contributed by atoms with E-state index in [1.807, 2.05) is 0 Å². The van der Waals surface area contributed by atoms with E-state index < -0.39 is 12.1 Å². The summed E-state index contributed by atoms with van der Waals surface area (Å²) in [5, 5.41) is 14.0. The number of aromatic nitrogens is 2. The second-order valence-corrected chi connectivity index (χ2v) is 4.23. The Kier molecular flexibility index (Phi) is 4.41. The van der Waals surface area contributed by atoms with Crippen LogP contribution in [0.1, 0.15) is 11.5 Å². The van der Waals surface area contributed by atoms with Crippen molar-refractivity contribution in [2.24, 2.45) is 0 Å². The van der Waals surface area contributed by atoms with Crippen molar-refractivity contribution in [3.63, 3.8) is 0 Å². The molecule has 0 atom stereocenters. The van der Waals surface area contributed by atoms with Crippen molar-refractivity contribution in [1.82, 2.24) is 15.5 Å². The summed E-state index contributed by atoms with van der Waals surface area (Å²) in [6, 6.07) is 7.87. The van der Waals surface area contributed by atoms with Gasteiger partial charge in [-0.2, -0.15) is 23.4 Å². The molecular formula is C13H9F3N4O2. The van der Waals surface area contributed by atoms with Gasteiger partial charge in [0, 0.05) is 5.56 Å². The van der Waals surface area contributed by atoms with Crippen LogP contribution in [0.3, 0.4) is 0 Å². The first-order valence-electron chi connectivity index (χ1n) is 6.04. The van der Waals surface area contributed by atoms with Gasteiger partial charge >= 0.3 is 12.1 Å². The molecule has 114 valence electrons. The highest BCUT2D eigenvalue weighted by molar-refractivity contribution is 5.78. The van der Waals surface area contributed by atoms with E-state index >= 15 is 0 Å². The number of hydrogen-bond donors (Lipinski definition) is 1. The van der Waals surface area contributed by atoms with Crippen molar-refractivity contribution in [2.75, 3.05) is 6.54 Å². The maximum atomic E-state index is 12.4. The molecule has 0 fully saturated rings. The van der Waals surface area contributed by atoms with Crippen LogP contribution in [0.5, 0.6) is 0 Å². The minimum atomic E-state index is -4.69. The lowest BCUT2D eigenvalue weighted by atomic mass is 10.1. The first-order chi connectivity index (χ1) is 10.4.